The summed E-state index contributed by atoms with van der Waals surface area (Å²) in [5, 5.41) is 8.92. The minimum absolute atomic E-state index is 0.0610. The molecular weight excluding hydrogens is 266 g/mol. The van der Waals surface area contributed by atoms with Gasteiger partial charge in [-0.2, -0.15) is 0 Å². The fourth-order valence-corrected chi connectivity index (χ4v) is 3.06. The summed E-state index contributed by atoms with van der Waals surface area (Å²) >= 11 is 0. The summed E-state index contributed by atoms with van der Waals surface area (Å²) in [5.74, 6) is -0.310. The first-order valence-corrected chi connectivity index (χ1v) is 7.55. The number of hydrogen-bond donors (Lipinski definition) is 1. The third-order valence-corrected chi connectivity index (χ3v) is 4.31. The number of piperidine rings is 1. The molecule has 1 aromatic rings. The number of aryl methyl sites for hydroxylation is 1. The van der Waals surface area contributed by atoms with Crippen LogP contribution in [0.5, 0.6) is 0 Å². The summed E-state index contributed by atoms with van der Waals surface area (Å²) in [5.41, 5.74) is 1.80. The molecular formula is C17H23NO3. The molecule has 2 rings (SSSR count). The largest absolute Gasteiger partial charge is 0.481 e. The molecule has 0 radical (unpaired) electrons. The molecule has 4 nitrogen and oxygen atoms in total. The summed E-state index contributed by atoms with van der Waals surface area (Å²) in [4.78, 5) is 25.3. The lowest BCUT2D eigenvalue weighted by molar-refractivity contribution is -0.138. The van der Waals surface area contributed by atoms with Gasteiger partial charge in [0.1, 0.15) is 0 Å². The van der Waals surface area contributed by atoms with Crippen molar-refractivity contribution in [2.24, 2.45) is 11.8 Å². The summed E-state index contributed by atoms with van der Waals surface area (Å²) in [7, 11) is 0. The Kier molecular flexibility index (Phi) is 4.99. The number of amides is 1. The number of likely N-dealkylation sites (tertiary alicyclic amines) is 1. The minimum atomic E-state index is -0.760. The molecule has 1 amide bonds. The van der Waals surface area contributed by atoms with Gasteiger partial charge in [-0.15, -0.1) is 0 Å². The molecule has 2 atom stereocenters. The van der Waals surface area contributed by atoms with Crippen LogP contribution in [0.1, 0.15) is 42.1 Å². The summed E-state index contributed by atoms with van der Waals surface area (Å²) in [6, 6.07) is 7.63. The maximum absolute atomic E-state index is 12.6. The van der Waals surface area contributed by atoms with Gasteiger partial charge >= 0.3 is 5.97 Å². The fourth-order valence-electron chi connectivity index (χ4n) is 3.06. The van der Waals surface area contributed by atoms with Gasteiger partial charge in [-0.1, -0.05) is 24.6 Å². The van der Waals surface area contributed by atoms with Crippen molar-refractivity contribution >= 4 is 11.9 Å². The first kappa shape index (κ1) is 15.5. The van der Waals surface area contributed by atoms with E-state index in [4.69, 9.17) is 5.11 Å². The van der Waals surface area contributed by atoms with Crippen molar-refractivity contribution < 1.29 is 14.7 Å². The summed E-state index contributed by atoms with van der Waals surface area (Å²) in [6.45, 7) is 5.38. The van der Waals surface area contributed by atoms with Gasteiger partial charge < -0.3 is 10.0 Å². The molecule has 1 fully saturated rings. The number of hydrogen-bond acceptors (Lipinski definition) is 2. The molecule has 114 valence electrons. The van der Waals surface area contributed by atoms with Crippen molar-refractivity contribution in [1.29, 1.82) is 0 Å². The molecule has 0 saturated carbocycles. The highest BCUT2D eigenvalue weighted by molar-refractivity contribution is 5.94. The molecule has 1 aliphatic heterocycles. The van der Waals surface area contributed by atoms with Gasteiger partial charge in [-0.25, -0.2) is 0 Å². The van der Waals surface area contributed by atoms with Crippen molar-refractivity contribution in [3.8, 4) is 0 Å². The van der Waals surface area contributed by atoms with Crippen LogP contribution in [0.2, 0.25) is 0 Å². The lowest BCUT2D eigenvalue weighted by atomic mass is 9.84. The van der Waals surface area contributed by atoms with Crippen molar-refractivity contribution in [3.63, 3.8) is 0 Å². The number of rotatable bonds is 4. The Morgan fingerprint density at radius 1 is 1.43 bits per heavy atom. The van der Waals surface area contributed by atoms with Crippen LogP contribution in [0, 0.1) is 18.8 Å². The molecule has 1 N–H and O–H groups in total. The second kappa shape index (κ2) is 6.74. The molecule has 0 spiro atoms. The smallest absolute Gasteiger partial charge is 0.303 e. The van der Waals surface area contributed by atoms with Crippen LogP contribution in [0.4, 0.5) is 0 Å². The Balaban J connectivity index is 2.03. The molecule has 4 heteroatoms. The van der Waals surface area contributed by atoms with E-state index < -0.39 is 5.97 Å². The normalized spacial score (nSPS) is 20.1. The number of nitrogens with zero attached hydrogens (tertiary/aromatic N) is 1. The van der Waals surface area contributed by atoms with E-state index in [9.17, 15) is 9.59 Å². The molecule has 21 heavy (non-hydrogen) atoms. The maximum Gasteiger partial charge on any atom is 0.303 e. The van der Waals surface area contributed by atoms with E-state index in [0.29, 0.717) is 6.54 Å². The molecule has 0 aromatic heterocycles. The predicted molar refractivity (Wildman–Crippen MR) is 81.2 cm³/mol. The van der Waals surface area contributed by atoms with Gasteiger partial charge in [-0.05, 0) is 43.7 Å². The van der Waals surface area contributed by atoms with E-state index >= 15 is 0 Å². The van der Waals surface area contributed by atoms with E-state index in [-0.39, 0.29) is 24.2 Å². The highest BCUT2D eigenvalue weighted by Gasteiger charge is 2.28. The van der Waals surface area contributed by atoms with Crippen molar-refractivity contribution in [1.82, 2.24) is 4.90 Å². The molecule has 2 unspecified atom stereocenters. The number of carboxylic acid groups (broad SMARTS) is 1. The van der Waals surface area contributed by atoms with Crippen LogP contribution >= 0.6 is 0 Å². The van der Waals surface area contributed by atoms with Crippen molar-refractivity contribution in [2.45, 2.75) is 33.1 Å². The summed E-state index contributed by atoms with van der Waals surface area (Å²) < 4.78 is 0. The second-order valence-electron chi connectivity index (χ2n) is 6.10. The zero-order valence-corrected chi connectivity index (χ0v) is 12.7. The topological polar surface area (TPSA) is 57.6 Å². The molecule has 1 aromatic carbocycles. The SMILES string of the molecule is Cc1cccc(C(=O)N2CCCC(C(C)CC(=O)O)C2)c1. The van der Waals surface area contributed by atoms with Gasteiger partial charge in [0.2, 0.25) is 0 Å². The Labute approximate surface area is 125 Å². The van der Waals surface area contributed by atoms with Gasteiger partial charge in [-0.3, -0.25) is 9.59 Å². The second-order valence-corrected chi connectivity index (χ2v) is 6.10. The maximum atomic E-state index is 12.6. The lowest BCUT2D eigenvalue weighted by Gasteiger charge is -2.35. The van der Waals surface area contributed by atoms with E-state index in [1.54, 1.807) is 0 Å². The highest BCUT2D eigenvalue weighted by Crippen LogP contribution is 2.27. The first-order valence-electron chi connectivity index (χ1n) is 7.55. The zero-order valence-electron chi connectivity index (χ0n) is 12.7. The van der Waals surface area contributed by atoms with Crippen LogP contribution in [-0.2, 0) is 4.79 Å². The zero-order chi connectivity index (χ0) is 15.4. The Morgan fingerprint density at radius 2 is 2.19 bits per heavy atom. The van der Waals surface area contributed by atoms with Crippen LogP contribution in [0.25, 0.3) is 0 Å². The van der Waals surface area contributed by atoms with Gasteiger partial charge in [0, 0.05) is 25.1 Å². The Hall–Kier alpha value is -1.84. The number of carbonyl (C=O) groups is 2. The van der Waals surface area contributed by atoms with E-state index in [0.717, 1.165) is 30.5 Å². The van der Waals surface area contributed by atoms with Gasteiger partial charge in [0.05, 0.1) is 0 Å². The van der Waals surface area contributed by atoms with E-state index in [1.165, 1.54) is 0 Å². The van der Waals surface area contributed by atoms with E-state index in [1.807, 2.05) is 43.0 Å². The molecule has 0 aliphatic carbocycles. The molecule has 1 heterocycles. The Morgan fingerprint density at radius 3 is 2.86 bits per heavy atom. The number of benzene rings is 1. The summed E-state index contributed by atoms with van der Waals surface area (Å²) in [6.07, 6.45) is 2.13. The molecule has 1 saturated heterocycles. The number of aliphatic carboxylic acids is 1. The average molecular weight is 289 g/mol. The van der Waals surface area contributed by atoms with Crippen LogP contribution in [0.3, 0.4) is 0 Å². The van der Waals surface area contributed by atoms with Crippen molar-refractivity contribution in [3.05, 3.63) is 35.4 Å². The number of carboxylic acids is 1. The standard InChI is InChI=1S/C17H23NO3/c1-12-5-3-6-14(9-12)17(21)18-8-4-7-15(11-18)13(2)10-16(19)20/h3,5-6,9,13,15H,4,7-8,10-11H2,1-2H3,(H,19,20). The minimum Gasteiger partial charge on any atom is -0.481 e. The van der Waals surface area contributed by atoms with Gasteiger partial charge in [0.25, 0.3) is 5.91 Å². The van der Waals surface area contributed by atoms with Crippen molar-refractivity contribution in [2.75, 3.05) is 13.1 Å². The van der Waals surface area contributed by atoms with Crippen LogP contribution < -0.4 is 0 Å². The Bertz CT molecular complexity index is 527. The third kappa shape index (κ3) is 4.06. The quantitative estimate of drug-likeness (QED) is 0.927. The molecule has 0 bridgehead atoms. The average Bonchev–Trinajstić information content (AvgIpc) is 2.46. The monoisotopic (exact) mass is 289 g/mol. The molecule has 1 aliphatic rings. The first-order chi connectivity index (χ1) is 9.97. The fraction of sp³-hybridized carbons (Fsp3) is 0.529. The van der Waals surface area contributed by atoms with E-state index in [2.05, 4.69) is 0 Å². The third-order valence-electron chi connectivity index (χ3n) is 4.31. The van der Waals surface area contributed by atoms with Crippen LogP contribution in [-0.4, -0.2) is 35.0 Å². The van der Waals surface area contributed by atoms with Crippen LogP contribution in [0.15, 0.2) is 24.3 Å². The lowest BCUT2D eigenvalue weighted by Crippen LogP contribution is -2.42. The number of carbonyl (C=O) groups excluding carboxylic acids is 1. The highest BCUT2D eigenvalue weighted by atomic mass is 16.4. The predicted octanol–water partition coefficient (Wildman–Crippen LogP) is 2.96. The van der Waals surface area contributed by atoms with Gasteiger partial charge in [0.15, 0.2) is 0 Å².